The zero-order valence-corrected chi connectivity index (χ0v) is 16.0. The Bertz CT molecular complexity index is 1060. The van der Waals surface area contributed by atoms with Crippen LogP contribution in [0.15, 0.2) is 47.5 Å². The molecule has 0 saturated heterocycles. The minimum atomic E-state index is -0.306. The lowest BCUT2D eigenvalue weighted by atomic mass is 10.1. The van der Waals surface area contributed by atoms with Crippen LogP contribution in [-0.4, -0.2) is 24.2 Å². The number of ether oxygens (including phenoxy) is 1. The molecule has 0 amide bonds. The van der Waals surface area contributed by atoms with Crippen molar-refractivity contribution in [3.63, 3.8) is 0 Å². The predicted molar refractivity (Wildman–Crippen MR) is 104 cm³/mol. The standard InChI is InChI=1S/C20H17ClN2O2S/c1-3-25-19(24)12-4-7-15(8-5-12)23-18-16-9-6-14(21)10-13(16)11-17(18)26-20(23)22-2/h4-10H,3,11H2,1-2H3. The van der Waals surface area contributed by atoms with Gasteiger partial charge in [0.1, 0.15) is 0 Å². The molecule has 26 heavy (non-hydrogen) atoms. The highest BCUT2D eigenvalue weighted by atomic mass is 35.5. The third-order valence-corrected chi connectivity index (χ3v) is 5.76. The summed E-state index contributed by atoms with van der Waals surface area (Å²) in [7, 11) is 1.80. The van der Waals surface area contributed by atoms with Crippen molar-refractivity contribution in [1.82, 2.24) is 4.57 Å². The van der Waals surface area contributed by atoms with E-state index in [2.05, 4.69) is 15.6 Å². The quantitative estimate of drug-likeness (QED) is 0.489. The van der Waals surface area contributed by atoms with Gasteiger partial charge in [-0.05, 0) is 48.9 Å². The molecule has 0 aliphatic heterocycles. The van der Waals surface area contributed by atoms with E-state index in [9.17, 15) is 4.79 Å². The lowest BCUT2D eigenvalue weighted by Crippen LogP contribution is -2.14. The van der Waals surface area contributed by atoms with Crippen molar-refractivity contribution in [2.75, 3.05) is 13.7 Å². The lowest BCUT2D eigenvalue weighted by Gasteiger charge is -2.10. The van der Waals surface area contributed by atoms with Gasteiger partial charge >= 0.3 is 5.97 Å². The second kappa shape index (κ2) is 6.74. The maximum atomic E-state index is 11.9. The van der Waals surface area contributed by atoms with Crippen LogP contribution in [0.3, 0.4) is 0 Å². The number of fused-ring (bicyclic) bond motifs is 3. The highest BCUT2D eigenvalue weighted by molar-refractivity contribution is 7.09. The highest BCUT2D eigenvalue weighted by Crippen LogP contribution is 2.40. The van der Waals surface area contributed by atoms with Crippen molar-refractivity contribution in [1.29, 1.82) is 0 Å². The van der Waals surface area contributed by atoms with Gasteiger partial charge in [0.15, 0.2) is 4.80 Å². The van der Waals surface area contributed by atoms with Crippen LogP contribution in [-0.2, 0) is 11.2 Å². The van der Waals surface area contributed by atoms with Crippen molar-refractivity contribution in [2.24, 2.45) is 4.99 Å². The van der Waals surface area contributed by atoms with Gasteiger partial charge in [0.05, 0.1) is 17.9 Å². The van der Waals surface area contributed by atoms with Gasteiger partial charge in [-0.2, -0.15) is 0 Å². The molecule has 0 N–H and O–H groups in total. The number of thiazole rings is 1. The number of benzene rings is 2. The second-order valence-corrected chi connectivity index (χ2v) is 7.46. The number of carbonyl (C=O) groups is 1. The molecule has 0 radical (unpaired) electrons. The number of carbonyl (C=O) groups excluding carboxylic acids is 1. The van der Waals surface area contributed by atoms with Crippen LogP contribution in [0.25, 0.3) is 16.9 Å². The number of aromatic nitrogens is 1. The summed E-state index contributed by atoms with van der Waals surface area (Å²) in [5, 5.41) is 0.754. The number of esters is 1. The summed E-state index contributed by atoms with van der Waals surface area (Å²) in [6.45, 7) is 2.17. The van der Waals surface area contributed by atoms with Gasteiger partial charge in [0.2, 0.25) is 0 Å². The topological polar surface area (TPSA) is 43.6 Å². The Balaban J connectivity index is 1.84. The van der Waals surface area contributed by atoms with Gasteiger partial charge in [0.25, 0.3) is 0 Å². The van der Waals surface area contributed by atoms with Crippen molar-refractivity contribution in [3.8, 4) is 16.9 Å². The summed E-state index contributed by atoms with van der Waals surface area (Å²) in [5.41, 5.74) is 5.10. The number of hydrogen-bond acceptors (Lipinski definition) is 4. The zero-order chi connectivity index (χ0) is 18.3. The number of halogens is 1. The van der Waals surface area contributed by atoms with E-state index >= 15 is 0 Å². The first kappa shape index (κ1) is 17.1. The average molecular weight is 385 g/mol. The number of nitrogens with zero attached hydrogens (tertiary/aromatic N) is 2. The molecule has 0 fully saturated rings. The van der Waals surface area contributed by atoms with Gasteiger partial charge in [-0.25, -0.2) is 4.79 Å². The first-order valence-electron chi connectivity index (χ1n) is 8.36. The summed E-state index contributed by atoms with van der Waals surface area (Å²) in [5.74, 6) is -0.306. The SMILES string of the molecule is CCOC(=O)c1ccc(-n2c3c(sc2=NC)Cc2cc(Cl)ccc2-3)cc1. The van der Waals surface area contributed by atoms with Crippen molar-refractivity contribution in [2.45, 2.75) is 13.3 Å². The van der Waals surface area contributed by atoms with E-state index in [4.69, 9.17) is 16.3 Å². The molecule has 0 unspecified atom stereocenters. The maximum Gasteiger partial charge on any atom is 0.338 e. The van der Waals surface area contributed by atoms with E-state index in [1.807, 2.05) is 24.3 Å². The van der Waals surface area contributed by atoms with E-state index in [1.165, 1.54) is 16.0 Å². The van der Waals surface area contributed by atoms with Crippen molar-refractivity contribution >= 4 is 28.9 Å². The Labute approximate surface area is 160 Å². The van der Waals surface area contributed by atoms with Gasteiger partial charge in [-0.3, -0.25) is 9.56 Å². The first-order chi connectivity index (χ1) is 12.6. The second-order valence-electron chi connectivity index (χ2n) is 5.96. The van der Waals surface area contributed by atoms with Crippen molar-refractivity contribution < 1.29 is 9.53 Å². The van der Waals surface area contributed by atoms with E-state index in [0.29, 0.717) is 12.2 Å². The third kappa shape index (κ3) is 2.77. The average Bonchev–Trinajstić information content (AvgIpc) is 3.16. The summed E-state index contributed by atoms with van der Waals surface area (Å²) >= 11 is 7.84. The Morgan fingerprint density at radius 2 is 2.04 bits per heavy atom. The van der Waals surface area contributed by atoms with Crippen LogP contribution in [0.2, 0.25) is 5.02 Å². The van der Waals surface area contributed by atoms with Crippen molar-refractivity contribution in [3.05, 3.63) is 68.3 Å². The molecule has 1 aliphatic rings. The van der Waals surface area contributed by atoms with E-state index < -0.39 is 0 Å². The molecule has 3 aromatic rings. The fourth-order valence-corrected chi connectivity index (χ4v) is 4.59. The molecule has 1 aliphatic carbocycles. The monoisotopic (exact) mass is 384 g/mol. The zero-order valence-electron chi connectivity index (χ0n) is 14.5. The smallest absolute Gasteiger partial charge is 0.338 e. The molecular weight excluding hydrogens is 368 g/mol. The summed E-state index contributed by atoms with van der Waals surface area (Å²) in [6, 6.07) is 13.5. The summed E-state index contributed by atoms with van der Waals surface area (Å²) in [6.07, 6.45) is 0.867. The molecule has 2 aromatic carbocycles. The van der Waals surface area contributed by atoms with Gasteiger partial charge < -0.3 is 4.74 Å². The van der Waals surface area contributed by atoms with Crippen LogP contribution < -0.4 is 4.80 Å². The minimum Gasteiger partial charge on any atom is -0.462 e. The summed E-state index contributed by atoms with van der Waals surface area (Å²) < 4.78 is 7.21. The Kier molecular flexibility index (Phi) is 4.42. The highest BCUT2D eigenvalue weighted by Gasteiger charge is 2.25. The molecule has 6 heteroatoms. The lowest BCUT2D eigenvalue weighted by molar-refractivity contribution is 0.0526. The van der Waals surface area contributed by atoms with Crippen LogP contribution >= 0.6 is 22.9 Å². The van der Waals surface area contributed by atoms with E-state index in [0.717, 1.165) is 27.6 Å². The minimum absolute atomic E-state index is 0.306. The van der Waals surface area contributed by atoms with E-state index in [1.54, 1.807) is 37.4 Å². The normalized spacial score (nSPS) is 12.8. The third-order valence-electron chi connectivity index (χ3n) is 4.39. The fourth-order valence-electron chi connectivity index (χ4n) is 3.27. The van der Waals surface area contributed by atoms with Gasteiger partial charge in [-0.15, -0.1) is 11.3 Å². The molecule has 0 bridgehead atoms. The van der Waals surface area contributed by atoms with Crippen LogP contribution in [0.5, 0.6) is 0 Å². The molecule has 1 heterocycles. The van der Waals surface area contributed by atoms with Gasteiger partial charge in [0, 0.05) is 34.6 Å². The fraction of sp³-hybridized carbons (Fsp3) is 0.200. The van der Waals surface area contributed by atoms with Gasteiger partial charge in [-0.1, -0.05) is 17.7 Å². The Hall–Kier alpha value is -2.37. The summed E-state index contributed by atoms with van der Waals surface area (Å²) in [4.78, 5) is 18.5. The molecule has 4 nitrogen and oxygen atoms in total. The molecule has 1 aromatic heterocycles. The van der Waals surface area contributed by atoms with Crippen LogP contribution in [0.4, 0.5) is 0 Å². The molecule has 132 valence electrons. The number of hydrogen-bond donors (Lipinski definition) is 0. The van der Waals surface area contributed by atoms with Crippen LogP contribution in [0, 0.1) is 0 Å². The number of rotatable bonds is 3. The molecule has 0 atom stereocenters. The maximum absolute atomic E-state index is 11.9. The molecule has 4 rings (SSSR count). The molecular formula is C20H17ClN2O2S. The predicted octanol–water partition coefficient (Wildman–Crippen LogP) is 4.47. The molecule has 0 spiro atoms. The molecule has 0 saturated carbocycles. The van der Waals surface area contributed by atoms with Crippen LogP contribution in [0.1, 0.15) is 27.7 Å². The first-order valence-corrected chi connectivity index (χ1v) is 9.55. The van der Waals surface area contributed by atoms with E-state index in [-0.39, 0.29) is 5.97 Å². The Morgan fingerprint density at radius 1 is 1.27 bits per heavy atom. The Morgan fingerprint density at radius 3 is 2.73 bits per heavy atom. The largest absolute Gasteiger partial charge is 0.462 e.